The van der Waals surface area contributed by atoms with Gasteiger partial charge in [-0.3, -0.25) is 5.10 Å². The molecule has 2 N–H and O–H groups in total. The van der Waals surface area contributed by atoms with Crippen LogP contribution in [0.15, 0.2) is 60.8 Å². The molecule has 2 aromatic heterocycles. The number of aromatic nitrogens is 3. The number of carboxylic acids is 1. The highest BCUT2D eigenvalue weighted by Gasteiger charge is 2.33. The van der Waals surface area contributed by atoms with E-state index in [-0.39, 0.29) is 11.5 Å². The molecule has 9 heteroatoms. The Balaban J connectivity index is 1.95. The summed E-state index contributed by atoms with van der Waals surface area (Å²) in [6.07, 6.45) is -3.09. The van der Waals surface area contributed by atoms with E-state index in [4.69, 9.17) is 0 Å². The summed E-state index contributed by atoms with van der Waals surface area (Å²) in [4.78, 5) is 11.7. The van der Waals surface area contributed by atoms with Crippen LogP contribution in [0, 0.1) is 5.82 Å². The van der Waals surface area contributed by atoms with E-state index in [2.05, 4.69) is 10.2 Å². The van der Waals surface area contributed by atoms with Crippen molar-refractivity contribution in [2.75, 3.05) is 0 Å². The number of nitrogens with one attached hydrogen (secondary N) is 1. The Morgan fingerprint density at radius 2 is 1.77 bits per heavy atom. The molecule has 5 rings (SSSR count). The van der Waals surface area contributed by atoms with Gasteiger partial charge in [0.05, 0.1) is 28.4 Å². The van der Waals surface area contributed by atoms with Gasteiger partial charge in [-0.2, -0.15) is 18.3 Å². The molecule has 0 radical (unpaired) electrons. The Labute approximate surface area is 196 Å². The van der Waals surface area contributed by atoms with Crippen LogP contribution in [-0.2, 0) is 6.18 Å². The zero-order valence-electron chi connectivity index (χ0n) is 18.6. The number of carbonyl (C=O) groups is 1. The number of halogens is 4. The fourth-order valence-electron chi connectivity index (χ4n) is 4.52. The van der Waals surface area contributed by atoms with E-state index in [1.807, 2.05) is 24.5 Å². The first-order valence-electron chi connectivity index (χ1n) is 10.8. The number of H-pyrrole nitrogens is 1. The van der Waals surface area contributed by atoms with Gasteiger partial charge in [-0.05, 0) is 66.1 Å². The molecule has 0 spiro atoms. The number of rotatable bonds is 4. The molecule has 0 aliphatic rings. The van der Waals surface area contributed by atoms with Gasteiger partial charge in [0, 0.05) is 27.7 Å². The molecule has 5 aromatic rings. The topological polar surface area (TPSA) is 70.9 Å². The Morgan fingerprint density at radius 3 is 2.40 bits per heavy atom. The lowest BCUT2D eigenvalue weighted by Crippen LogP contribution is -2.09. The second-order valence-electron chi connectivity index (χ2n) is 8.66. The summed E-state index contributed by atoms with van der Waals surface area (Å²) in [5.74, 6) is -2.05. The molecule has 0 fully saturated rings. The van der Waals surface area contributed by atoms with Crippen molar-refractivity contribution in [3.05, 3.63) is 83.4 Å². The van der Waals surface area contributed by atoms with E-state index in [0.29, 0.717) is 39.4 Å². The van der Waals surface area contributed by atoms with Crippen molar-refractivity contribution >= 4 is 27.8 Å². The number of carboxylic acid groups (broad SMARTS) is 1. The monoisotopic (exact) mass is 481 g/mol. The maximum atomic E-state index is 13.7. The van der Waals surface area contributed by atoms with E-state index in [1.165, 1.54) is 18.2 Å². The molecule has 0 atom stereocenters. The minimum absolute atomic E-state index is 0.130. The lowest BCUT2D eigenvalue weighted by Gasteiger charge is -2.17. The summed E-state index contributed by atoms with van der Waals surface area (Å²) in [5.41, 5.74) is 1.74. The molecular formula is C26H19F4N3O2. The molecule has 0 saturated carbocycles. The molecule has 35 heavy (non-hydrogen) atoms. The van der Waals surface area contributed by atoms with Gasteiger partial charge in [-0.15, -0.1) is 0 Å². The minimum atomic E-state index is -4.73. The van der Waals surface area contributed by atoms with Crippen molar-refractivity contribution in [1.29, 1.82) is 0 Å². The van der Waals surface area contributed by atoms with Crippen molar-refractivity contribution in [1.82, 2.24) is 14.8 Å². The minimum Gasteiger partial charge on any atom is -0.478 e. The molecule has 0 amide bonds. The normalized spacial score (nSPS) is 12.2. The summed E-state index contributed by atoms with van der Waals surface area (Å²) in [6.45, 7) is 3.80. The molecule has 0 aliphatic heterocycles. The average Bonchev–Trinajstić information content (AvgIpc) is 3.39. The summed E-state index contributed by atoms with van der Waals surface area (Å²) in [5, 5.41) is 17.9. The third kappa shape index (κ3) is 3.82. The first kappa shape index (κ1) is 22.6. The number of hydrogen-bond donors (Lipinski definition) is 2. The molecule has 2 heterocycles. The van der Waals surface area contributed by atoms with E-state index < -0.39 is 29.1 Å². The van der Waals surface area contributed by atoms with Gasteiger partial charge in [-0.1, -0.05) is 13.8 Å². The van der Waals surface area contributed by atoms with Gasteiger partial charge in [0.2, 0.25) is 0 Å². The van der Waals surface area contributed by atoms with Crippen molar-refractivity contribution in [2.45, 2.75) is 25.9 Å². The number of nitrogens with zero attached hydrogens (tertiary/aromatic N) is 2. The van der Waals surface area contributed by atoms with Gasteiger partial charge in [-0.25, -0.2) is 9.18 Å². The van der Waals surface area contributed by atoms with Crippen LogP contribution in [0.1, 0.15) is 41.4 Å². The largest absolute Gasteiger partial charge is 0.478 e. The quantitative estimate of drug-likeness (QED) is 0.268. The lowest BCUT2D eigenvalue weighted by atomic mass is 9.93. The SMILES string of the molecule is CC(C)c1c(-c2cc(C(=O)O)cc(C(F)(F)F)c2)c2cc3[nH]ncc3cc2n1-c1ccc(F)cc1. The average molecular weight is 481 g/mol. The number of benzene rings is 3. The van der Waals surface area contributed by atoms with Crippen LogP contribution in [0.2, 0.25) is 0 Å². The van der Waals surface area contributed by atoms with Gasteiger partial charge in [0.25, 0.3) is 0 Å². The lowest BCUT2D eigenvalue weighted by molar-refractivity contribution is -0.137. The zero-order valence-corrected chi connectivity index (χ0v) is 18.6. The molecule has 0 unspecified atom stereocenters. The third-order valence-corrected chi connectivity index (χ3v) is 5.99. The fraction of sp³-hybridized carbons (Fsp3) is 0.154. The van der Waals surface area contributed by atoms with Crippen molar-refractivity contribution in [2.24, 2.45) is 0 Å². The number of aromatic carboxylic acids is 1. The van der Waals surface area contributed by atoms with Crippen LogP contribution in [-0.4, -0.2) is 25.8 Å². The maximum absolute atomic E-state index is 13.7. The van der Waals surface area contributed by atoms with Crippen LogP contribution < -0.4 is 0 Å². The Morgan fingerprint density at radius 1 is 1.06 bits per heavy atom. The third-order valence-electron chi connectivity index (χ3n) is 5.99. The van der Waals surface area contributed by atoms with Crippen molar-refractivity contribution in [3.63, 3.8) is 0 Å². The first-order valence-corrected chi connectivity index (χ1v) is 10.8. The number of hydrogen-bond acceptors (Lipinski definition) is 2. The predicted octanol–water partition coefficient (Wildman–Crippen LogP) is 7.15. The van der Waals surface area contributed by atoms with Crippen LogP contribution >= 0.6 is 0 Å². The Kier molecular flexibility index (Phi) is 5.16. The first-order chi connectivity index (χ1) is 16.5. The molecule has 5 nitrogen and oxygen atoms in total. The second-order valence-corrected chi connectivity index (χ2v) is 8.66. The molecule has 0 aliphatic carbocycles. The summed E-state index contributed by atoms with van der Waals surface area (Å²) in [6, 6.07) is 12.3. The van der Waals surface area contributed by atoms with Gasteiger partial charge in [0.1, 0.15) is 5.82 Å². The highest BCUT2D eigenvalue weighted by atomic mass is 19.4. The summed E-state index contributed by atoms with van der Waals surface area (Å²) >= 11 is 0. The van der Waals surface area contributed by atoms with Crippen LogP contribution in [0.4, 0.5) is 17.6 Å². The Hall–Kier alpha value is -4.14. The van der Waals surface area contributed by atoms with Gasteiger partial charge >= 0.3 is 12.1 Å². The van der Waals surface area contributed by atoms with E-state index in [1.54, 1.807) is 24.4 Å². The summed E-state index contributed by atoms with van der Waals surface area (Å²) in [7, 11) is 0. The molecular weight excluding hydrogens is 462 g/mol. The fourth-order valence-corrected chi connectivity index (χ4v) is 4.52. The predicted molar refractivity (Wildman–Crippen MR) is 124 cm³/mol. The van der Waals surface area contributed by atoms with Crippen molar-refractivity contribution < 1.29 is 27.5 Å². The molecule has 3 aromatic carbocycles. The van der Waals surface area contributed by atoms with E-state index >= 15 is 0 Å². The van der Waals surface area contributed by atoms with Crippen LogP contribution in [0.5, 0.6) is 0 Å². The maximum Gasteiger partial charge on any atom is 0.416 e. The van der Waals surface area contributed by atoms with E-state index in [0.717, 1.165) is 11.5 Å². The van der Waals surface area contributed by atoms with Gasteiger partial charge < -0.3 is 9.67 Å². The second kappa shape index (κ2) is 7.97. The summed E-state index contributed by atoms with van der Waals surface area (Å²) < 4.78 is 56.8. The number of alkyl halides is 3. The van der Waals surface area contributed by atoms with Crippen LogP contribution in [0.3, 0.4) is 0 Å². The standard InChI is InChI=1S/C26H19F4N3O2/c1-13(2)24-23(14-7-15(25(34)35)9-17(8-14)26(28,29)30)20-11-21-16(12-31-32-21)10-22(20)33(24)19-5-3-18(27)4-6-19/h3-13H,1-2H3,(H,31,32)(H,34,35). The van der Waals surface area contributed by atoms with Crippen molar-refractivity contribution in [3.8, 4) is 16.8 Å². The molecule has 178 valence electrons. The Bertz CT molecular complexity index is 1600. The number of aromatic amines is 1. The van der Waals surface area contributed by atoms with E-state index in [9.17, 15) is 27.5 Å². The molecule has 0 saturated heterocycles. The number of fused-ring (bicyclic) bond motifs is 2. The highest BCUT2D eigenvalue weighted by molar-refractivity contribution is 6.06. The highest BCUT2D eigenvalue weighted by Crippen LogP contribution is 2.43. The van der Waals surface area contributed by atoms with Crippen LogP contribution in [0.25, 0.3) is 38.6 Å². The smallest absolute Gasteiger partial charge is 0.416 e. The zero-order chi connectivity index (χ0) is 25.1. The van der Waals surface area contributed by atoms with Gasteiger partial charge in [0.15, 0.2) is 0 Å². The molecule has 0 bridgehead atoms.